The van der Waals surface area contributed by atoms with E-state index >= 15 is 0 Å². The van der Waals surface area contributed by atoms with Crippen LogP contribution < -0.4 is 0 Å². The van der Waals surface area contributed by atoms with Crippen LogP contribution in [-0.4, -0.2) is 29.5 Å². The maximum Gasteiger partial charge on any atom is 0.248 e. The Hall–Kier alpha value is -1.51. The van der Waals surface area contributed by atoms with Crippen LogP contribution in [0.25, 0.3) is 0 Å². The number of benzene rings is 1. The highest BCUT2D eigenvalue weighted by molar-refractivity contribution is 7.89. The number of rotatable bonds is 3. The van der Waals surface area contributed by atoms with E-state index in [2.05, 4.69) is 10.2 Å². The van der Waals surface area contributed by atoms with Gasteiger partial charge in [0, 0.05) is 13.5 Å². The van der Waals surface area contributed by atoms with E-state index in [-0.39, 0.29) is 17.5 Å². The molecule has 1 aliphatic heterocycles. The van der Waals surface area contributed by atoms with E-state index in [0.717, 1.165) is 6.07 Å². The average molecular weight is 346 g/mol. The van der Waals surface area contributed by atoms with Crippen molar-refractivity contribution in [1.82, 2.24) is 14.5 Å². The summed E-state index contributed by atoms with van der Waals surface area (Å²) in [5.41, 5.74) is 0. The molecule has 118 valence electrons. The molecule has 6 nitrogen and oxygen atoms in total. The number of sulfonamides is 1. The molecular formula is C13H13ClFN3O3S. The topological polar surface area (TPSA) is 76.3 Å². The van der Waals surface area contributed by atoms with Crippen molar-refractivity contribution in [3.63, 3.8) is 0 Å². The van der Waals surface area contributed by atoms with E-state index in [1.165, 1.54) is 16.4 Å². The molecule has 3 rings (SSSR count). The van der Waals surface area contributed by atoms with Crippen LogP contribution in [0.15, 0.2) is 27.5 Å². The van der Waals surface area contributed by atoms with Crippen LogP contribution in [0.4, 0.5) is 4.39 Å². The molecule has 0 unspecified atom stereocenters. The first-order valence-corrected chi connectivity index (χ1v) is 8.49. The third-order valence-corrected chi connectivity index (χ3v) is 5.93. The molecule has 2 aromatic rings. The number of aryl methyl sites for hydroxylation is 1. The molecule has 1 aromatic heterocycles. The minimum atomic E-state index is -4.09. The van der Waals surface area contributed by atoms with E-state index in [1.54, 1.807) is 6.92 Å². The molecule has 0 N–H and O–H groups in total. The van der Waals surface area contributed by atoms with Crippen molar-refractivity contribution in [1.29, 1.82) is 0 Å². The minimum Gasteiger partial charge on any atom is -0.424 e. The summed E-state index contributed by atoms with van der Waals surface area (Å²) in [5.74, 6) is -0.311. The molecule has 1 aromatic carbocycles. The van der Waals surface area contributed by atoms with E-state index in [0.29, 0.717) is 18.7 Å². The molecule has 0 radical (unpaired) electrons. The van der Waals surface area contributed by atoms with Gasteiger partial charge >= 0.3 is 0 Å². The zero-order valence-electron chi connectivity index (χ0n) is 11.7. The van der Waals surface area contributed by atoms with Crippen LogP contribution in [0.5, 0.6) is 0 Å². The van der Waals surface area contributed by atoms with Gasteiger partial charge < -0.3 is 4.42 Å². The Kier molecular flexibility index (Phi) is 3.92. The van der Waals surface area contributed by atoms with Crippen molar-refractivity contribution in [2.24, 2.45) is 0 Å². The summed E-state index contributed by atoms with van der Waals surface area (Å²) in [6.45, 7) is 1.87. The first-order valence-electron chi connectivity index (χ1n) is 6.67. The van der Waals surface area contributed by atoms with Crippen molar-refractivity contribution < 1.29 is 17.2 Å². The number of aromatic nitrogens is 2. The largest absolute Gasteiger partial charge is 0.424 e. The number of hydrogen-bond donors (Lipinski definition) is 0. The predicted molar refractivity (Wildman–Crippen MR) is 76.3 cm³/mol. The number of hydrogen-bond acceptors (Lipinski definition) is 5. The van der Waals surface area contributed by atoms with Gasteiger partial charge in [-0.25, -0.2) is 12.8 Å². The number of halogens is 2. The Morgan fingerprint density at radius 2 is 2.18 bits per heavy atom. The molecule has 1 atom stereocenters. The number of nitrogens with zero attached hydrogens (tertiary/aromatic N) is 3. The summed E-state index contributed by atoms with van der Waals surface area (Å²) >= 11 is 5.89. The van der Waals surface area contributed by atoms with Gasteiger partial charge in [0.2, 0.25) is 21.8 Å². The van der Waals surface area contributed by atoms with Crippen molar-refractivity contribution in [2.75, 3.05) is 6.54 Å². The maximum atomic E-state index is 14.0. The van der Waals surface area contributed by atoms with Gasteiger partial charge in [-0.15, -0.1) is 10.2 Å². The summed E-state index contributed by atoms with van der Waals surface area (Å²) < 4.78 is 46.1. The Morgan fingerprint density at radius 3 is 2.82 bits per heavy atom. The van der Waals surface area contributed by atoms with Gasteiger partial charge in [-0.2, -0.15) is 4.31 Å². The summed E-state index contributed by atoms with van der Waals surface area (Å²) in [6.07, 6.45) is 1.16. The minimum absolute atomic E-state index is 0.146. The van der Waals surface area contributed by atoms with E-state index in [4.69, 9.17) is 16.0 Å². The summed E-state index contributed by atoms with van der Waals surface area (Å²) in [7, 11) is -4.09. The van der Waals surface area contributed by atoms with Gasteiger partial charge in [-0.05, 0) is 25.0 Å². The second-order valence-corrected chi connectivity index (χ2v) is 7.22. The van der Waals surface area contributed by atoms with Gasteiger partial charge in [0.25, 0.3) is 0 Å². The van der Waals surface area contributed by atoms with Crippen LogP contribution in [0.2, 0.25) is 5.02 Å². The molecule has 2 heterocycles. The Morgan fingerprint density at radius 1 is 1.41 bits per heavy atom. The second-order valence-electron chi connectivity index (χ2n) is 4.98. The van der Waals surface area contributed by atoms with Crippen LogP contribution in [-0.2, 0) is 10.0 Å². The molecule has 0 aliphatic carbocycles. The van der Waals surface area contributed by atoms with Crippen LogP contribution in [0.3, 0.4) is 0 Å². The molecular weight excluding hydrogens is 333 g/mol. The molecule has 0 spiro atoms. The molecule has 1 saturated heterocycles. The molecule has 0 saturated carbocycles. The monoisotopic (exact) mass is 345 g/mol. The first kappa shape index (κ1) is 15.4. The van der Waals surface area contributed by atoms with E-state index < -0.39 is 26.8 Å². The maximum absolute atomic E-state index is 14.0. The summed E-state index contributed by atoms with van der Waals surface area (Å²) in [5, 5.41) is 7.45. The highest BCUT2D eigenvalue weighted by atomic mass is 35.5. The fraction of sp³-hybridized carbons (Fsp3) is 0.385. The first-order chi connectivity index (χ1) is 10.4. The van der Waals surface area contributed by atoms with Crippen LogP contribution >= 0.6 is 11.6 Å². The van der Waals surface area contributed by atoms with Gasteiger partial charge in [-0.1, -0.05) is 17.7 Å². The Balaban J connectivity index is 2.05. The zero-order chi connectivity index (χ0) is 15.9. The quantitative estimate of drug-likeness (QED) is 0.854. The fourth-order valence-electron chi connectivity index (χ4n) is 2.57. The molecule has 9 heteroatoms. The lowest BCUT2D eigenvalue weighted by Gasteiger charge is -2.22. The Bertz CT molecular complexity index is 788. The zero-order valence-corrected chi connectivity index (χ0v) is 13.2. The third-order valence-electron chi connectivity index (χ3n) is 3.52. The van der Waals surface area contributed by atoms with Gasteiger partial charge in [-0.3, -0.25) is 0 Å². The molecule has 1 fully saturated rings. The smallest absolute Gasteiger partial charge is 0.248 e. The van der Waals surface area contributed by atoms with E-state index in [9.17, 15) is 12.8 Å². The lowest BCUT2D eigenvalue weighted by atomic mass is 10.2. The van der Waals surface area contributed by atoms with Crippen molar-refractivity contribution in [3.05, 3.63) is 40.8 Å². The van der Waals surface area contributed by atoms with Crippen molar-refractivity contribution >= 4 is 21.6 Å². The molecule has 0 amide bonds. The molecule has 1 aliphatic rings. The summed E-state index contributed by atoms with van der Waals surface area (Å²) in [4.78, 5) is -0.514. The fourth-order valence-corrected chi connectivity index (χ4v) is 4.79. The third kappa shape index (κ3) is 2.51. The SMILES string of the molecule is Cc1nnc([C@H]2CCCN2S(=O)(=O)c2c(F)cccc2Cl)o1. The molecule has 22 heavy (non-hydrogen) atoms. The normalized spacial score (nSPS) is 19.7. The average Bonchev–Trinajstić information content (AvgIpc) is 3.06. The molecule has 0 bridgehead atoms. The Labute approximate surface area is 131 Å². The standard InChI is InChI=1S/C13H13ClFN3O3S/c1-8-16-17-13(21-8)11-6-3-7-18(11)22(19,20)12-9(14)4-2-5-10(12)15/h2,4-5,11H,3,6-7H2,1H3/t11-/m1/s1. The van der Waals surface area contributed by atoms with Crippen LogP contribution in [0, 0.1) is 12.7 Å². The highest BCUT2D eigenvalue weighted by Crippen LogP contribution is 2.38. The lowest BCUT2D eigenvalue weighted by Crippen LogP contribution is -2.31. The van der Waals surface area contributed by atoms with Gasteiger partial charge in [0.15, 0.2) is 0 Å². The van der Waals surface area contributed by atoms with Crippen molar-refractivity contribution in [2.45, 2.75) is 30.7 Å². The van der Waals surface area contributed by atoms with Gasteiger partial charge in [0.05, 0.1) is 5.02 Å². The highest BCUT2D eigenvalue weighted by Gasteiger charge is 2.41. The lowest BCUT2D eigenvalue weighted by molar-refractivity contribution is 0.323. The summed E-state index contributed by atoms with van der Waals surface area (Å²) in [6, 6.07) is 3.18. The van der Waals surface area contributed by atoms with E-state index in [1.807, 2.05) is 0 Å². The van der Waals surface area contributed by atoms with Crippen molar-refractivity contribution in [3.8, 4) is 0 Å². The predicted octanol–water partition coefficient (Wildman–Crippen LogP) is 2.70. The van der Waals surface area contributed by atoms with Gasteiger partial charge in [0.1, 0.15) is 16.8 Å². The second kappa shape index (κ2) is 5.60. The van der Waals surface area contributed by atoms with Crippen LogP contribution in [0.1, 0.15) is 30.7 Å².